The Balaban J connectivity index is 0.00000220. The number of nitrogens with two attached hydrogens (primary N) is 2. The molecule has 0 bridgehead atoms. The first-order chi connectivity index (χ1) is 9.56. The van der Waals surface area contributed by atoms with Crippen LogP contribution in [0.3, 0.4) is 0 Å². The number of aryl methyl sites for hydroxylation is 1. The normalized spacial score (nSPS) is 23.9. The highest BCUT2D eigenvalue weighted by Gasteiger charge is 2.30. The van der Waals surface area contributed by atoms with Gasteiger partial charge in [-0.3, -0.25) is 0 Å². The molecule has 1 saturated carbocycles. The minimum atomic E-state index is -0.0794. The summed E-state index contributed by atoms with van der Waals surface area (Å²) in [6.45, 7) is 0. The summed E-state index contributed by atoms with van der Waals surface area (Å²) in [5.74, 6) is 1.76. The number of hydrogen-bond acceptors (Lipinski definition) is 4. The second-order valence-electron chi connectivity index (χ2n) is 5.88. The van der Waals surface area contributed by atoms with Crippen LogP contribution in [0.1, 0.15) is 37.7 Å². The predicted octanol–water partition coefficient (Wildman–Crippen LogP) is 3.08. The molecule has 0 saturated heterocycles. The summed E-state index contributed by atoms with van der Waals surface area (Å²) in [5.41, 5.74) is 13.5. The van der Waals surface area contributed by atoms with E-state index in [1.54, 1.807) is 14.2 Å². The highest BCUT2D eigenvalue weighted by molar-refractivity contribution is 5.85. The third kappa shape index (κ3) is 5.51. The first kappa shape index (κ1) is 21.3. The average molecular weight is 351 g/mol. The lowest BCUT2D eigenvalue weighted by molar-refractivity contribution is 0.257. The van der Waals surface area contributed by atoms with Crippen molar-refractivity contribution < 1.29 is 9.47 Å². The Labute approximate surface area is 145 Å². The standard InChI is InChI=1S/C16H26N2O2.2ClH/c1-19-14-3-4-15(20-2)12(11-14)5-8-16(18)9-6-13(17)7-10-16;;/h3-4,11,13H,5-10,17-18H2,1-2H3;2*1H. The van der Waals surface area contributed by atoms with E-state index in [-0.39, 0.29) is 30.4 Å². The van der Waals surface area contributed by atoms with E-state index in [0.717, 1.165) is 55.6 Å². The highest BCUT2D eigenvalue weighted by atomic mass is 35.5. The molecule has 1 aromatic rings. The number of ether oxygens (including phenoxy) is 2. The zero-order valence-electron chi connectivity index (χ0n) is 13.3. The van der Waals surface area contributed by atoms with Crippen molar-refractivity contribution in [3.63, 3.8) is 0 Å². The van der Waals surface area contributed by atoms with Crippen molar-refractivity contribution in [2.75, 3.05) is 14.2 Å². The molecule has 1 aromatic carbocycles. The van der Waals surface area contributed by atoms with Crippen LogP contribution >= 0.6 is 24.8 Å². The number of methoxy groups -OCH3 is 2. The predicted molar refractivity (Wildman–Crippen MR) is 95.7 cm³/mol. The van der Waals surface area contributed by atoms with Crippen LogP contribution < -0.4 is 20.9 Å². The Hall–Kier alpha value is -0.680. The molecule has 1 aliphatic carbocycles. The number of rotatable bonds is 5. The smallest absolute Gasteiger partial charge is 0.122 e. The molecule has 1 aliphatic rings. The second kappa shape index (κ2) is 9.46. The SMILES string of the molecule is COc1ccc(OC)c(CCC2(N)CCC(N)CC2)c1.Cl.Cl. The van der Waals surface area contributed by atoms with E-state index in [4.69, 9.17) is 20.9 Å². The van der Waals surface area contributed by atoms with Crippen LogP contribution in [0.4, 0.5) is 0 Å². The van der Waals surface area contributed by atoms with Gasteiger partial charge in [-0.25, -0.2) is 0 Å². The fourth-order valence-electron chi connectivity index (χ4n) is 2.93. The third-order valence-corrected chi connectivity index (χ3v) is 4.41. The number of halogens is 2. The van der Waals surface area contributed by atoms with Gasteiger partial charge in [0.1, 0.15) is 11.5 Å². The molecule has 1 fully saturated rings. The average Bonchev–Trinajstić information content (AvgIpc) is 2.48. The lowest BCUT2D eigenvalue weighted by Gasteiger charge is -2.36. The van der Waals surface area contributed by atoms with Gasteiger partial charge in [0.15, 0.2) is 0 Å². The molecule has 0 spiro atoms. The molecule has 0 radical (unpaired) electrons. The fraction of sp³-hybridized carbons (Fsp3) is 0.625. The summed E-state index contributed by atoms with van der Waals surface area (Å²) in [7, 11) is 3.38. The van der Waals surface area contributed by atoms with Crippen molar-refractivity contribution in [3.05, 3.63) is 23.8 Å². The van der Waals surface area contributed by atoms with Crippen LogP contribution in [0.2, 0.25) is 0 Å². The number of benzene rings is 1. The number of hydrogen-bond donors (Lipinski definition) is 2. The molecule has 0 aromatic heterocycles. The second-order valence-corrected chi connectivity index (χ2v) is 5.88. The van der Waals surface area contributed by atoms with Gasteiger partial charge in [-0.1, -0.05) is 0 Å². The van der Waals surface area contributed by atoms with Crippen molar-refractivity contribution in [3.8, 4) is 11.5 Å². The van der Waals surface area contributed by atoms with Crippen LogP contribution in [-0.4, -0.2) is 25.8 Å². The van der Waals surface area contributed by atoms with Gasteiger partial charge in [0.25, 0.3) is 0 Å². The molecule has 4 nitrogen and oxygen atoms in total. The maximum atomic E-state index is 6.50. The van der Waals surface area contributed by atoms with Gasteiger partial charge in [0.05, 0.1) is 14.2 Å². The molecule has 4 N–H and O–H groups in total. The molecular weight excluding hydrogens is 323 g/mol. The van der Waals surface area contributed by atoms with E-state index in [2.05, 4.69) is 0 Å². The van der Waals surface area contributed by atoms with E-state index in [1.165, 1.54) is 0 Å². The summed E-state index contributed by atoms with van der Waals surface area (Å²) in [6, 6.07) is 6.24. The van der Waals surface area contributed by atoms with Crippen LogP contribution in [0.15, 0.2) is 18.2 Å². The minimum Gasteiger partial charge on any atom is -0.497 e. The van der Waals surface area contributed by atoms with Crippen molar-refractivity contribution in [1.29, 1.82) is 0 Å². The monoisotopic (exact) mass is 350 g/mol. The van der Waals surface area contributed by atoms with Gasteiger partial charge >= 0.3 is 0 Å². The van der Waals surface area contributed by atoms with Gasteiger partial charge in [0.2, 0.25) is 0 Å². The van der Waals surface area contributed by atoms with E-state index in [9.17, 15) is 0 Å². The maximum Gasteiger partial charge on any atom is 0.122 e. The largest absolute Gasteiger partial charge is 0.497 e. The Morgan fingerprint density at radius 2 is 1.77 bits per heavy atom. The topological polar surface area (TPSA) is 70.5 Å². The van der Waals surface area contributed by atoms with E-state index >= 15 is 0 Å². The highest BCUT2D eigenvalue weighted by Crippen LogP contribution is 2.32. The summed E-state index contributed by atoms with van der Waals surface area (Å²) in [5, 5.41) is 0. The molecular formula is C16H28Cl2N2O2. The van der Waals surface area contributed by atoms with Crippen LogP contribution in [0, 0.1) is 0 Å². The molecule has 0 amide bonds. The summed E-state index contributed by atoms with van der Waals surface area (Å²) < 4.78 is 10.7. The van der Waals surface area contributed by atoms with Gasteiger partial charge < -0.3 is 20.9 Å². The van der Waals surface area contributed by atoms with Gasteiger partial charge in [-0.05, 0) is 62.3 Å². The molecule has 2 rings (SSSR count). The Kier molecular flexibility index (Phi) is 9.16. The van der Waals surface area contributed by atoms with Crippen molar-refractivity contribution in [2.45, 2.75) is 50.1 Å². The molecule has 22 heavy (non-hydrogen) atoms. The van der Waals surface area contributed by atoms with Crippen molar-refractivity contribution in [2.24, 2.45) is 11.5 Å². The molecule has 0 aliphatic heterocycles. The van der Waals surface area contributed by atoms with Crippen LogP contribution in [-0.2, 0) is 6.42 Å². The van der Waals surface area contributed by atoms with Crippen molar-refractivity contribution >= 4 is 24.8 Å². The molecule has 0 heterocycles. The summed E-state index contributed by atoms with van der Waals surface area (Å²) >= 11 is 0. The summed E-state index contributed by atoms with van der Waals surface area (Å²) in [4.78, 5) is 0. The lowest BCUT2D eigenvalue weighted by atomic mass is 9.77. The quantitative estimate of drug-likeness (QED) is 0.855. The zero-order chi connectivity index (χ0) is 14.6. The molecule has 6 heteroatoms. The molecule has 0 atom stereocenters. The van der Waals surface area contributed by atoms with Gasteiger partial charge in [0, 0.05) is 11.6 Å². The minimum absolute atomic E-state index is 0. The Bertz CT molecular complexity index is 450. The third-order valence-electron chi connectivity index (χ3n) is 4.41. The maximum absolute atomic E-state index is 6.50. The van der Waals surface area contributed by atoms with Gasteiger partial charge in [-0.2, -0.15) is 0 Å². The van der Waals surface area contributed by atoms with Gasteiger partial charge in [-0.15, -0.1) is 24.8 Å². The molecule has 0 unspecified atom stereocenters. The van der Waals surface area contributed by atoms with Crippen LogP contribution in [0.5, 0.6) is 11.5 Å². The Morgan fingerprint density at radius 1 is 1.14 bits per heavy atom. The Morgan fingerprint density at radius 3 is 2.32 bits per heavy atom. The molecule has 128 valence electrons. The summed E-state index contributed by atoms with van der Waals surface area (Å²) in [6.07, 6.45) is 5.97. The van der Waals surface area contributed by atoms with Crippen molar-refractivity contribution in [1.82, 2.24) is 0 Å². The zero-order valence-corrected chi connectivity index (χ0v) is 15.0. The first-order valence-corrected chi connectivity index (χ1v) is 7.32. The lowest BCUT2D eigenvalue weighted by Crippen LogP contribution is -2.46. The first-order valence-electron chi connectivity index (χ1n) is 7.32. The van der Waals surface area contributed by atoms with E-state index < -0.39 is 0 Å². The van der Waals surface area contributed by atoms with Crippen LogP contribution in [0.25, 0.3) is 0 Å². The van der Waals surface area contributed by atoms with E-state index in [1.807, 2.05) is 18.2 Å². The van der Waals surface area contributed by atoms with E-state index in [0.29, 0.717) is 6.04 Å². The fourth-order valence-corrected chi connectivity index (χ4v) is 2.93.